The number of rotatable bonds is 3. The lowest BCUT2D eigenvalue weighted by atomic mass is 10.0. The van der Waals surface area contributed by atoms with Crippen molar-refractivity contribution in [2.45, 2.75) is 33.2 Å². The first kappa shape index (κ1) is 17.5. The Morgan fingerprint density at radius 3 is 2.68 bits per heavy atom. The van der Waals surface area contributed by atoms with E-state index in [9.17, 15) is 9.59 Å². The summed E-state index contributed by atoms with van der Waals surface area (Å²) in [6, 6.07) is 5.43. The smallest absolute Gasteiger partial charge is 0.254 e. The van der Waals surface area contributed by atoms with Gasteiger partial charge in [0.2, 0.25) is 0 Å². The van der Waals surface area contributed by atoms with E-state index in [1.807, 2.05) is 19.9 Å². The molecule has 1 aliphatic heterocycles. The molecule has 1 amide bonds. The van der Waals surface area contributed by atoms with Gasteiger partial charge in [0, 0.05) is 23.4 Å². The molecule has 5 nitrogen and oxygen atoms in total. The Balaban J connectivity index is 1.97. The van der Waals surface area contributed by atoms with Crippen molar-refractivity contribution in [3.63, 3.8) is 0 Å². The maximum Gasteiger partial charge on any atom is 0.254 e. The molecule has 1 aromatic heterocycles. The summed E-state index contributed by atoms with van der Waals surface area (Å²) in [7, 11) is 1.53. The van der Waals surface area contributed by atoms with E-state index >= 15 is 0 Å². The van der Waals surface area contributed by atoms with Gasteiger partial charge in [0.1, 0.15) is 5.75 Å². The number of nitrogens with zero attached hydrogens (tertiary/aromatic N) is 1. The number of H-pyrrole nitrogens is 1. The van der Waals surface area contributed by atoms with Crippen LogP contribution in [0.25, 0.3) is 0 Å². The number of aryl methyl sites for hydroxylation is 3. The van der Waals surface area contributed by atoms with Crippen LogP contribution in [-0.4, -0.2) is 29.4 Å². The van der Waals surface area contributed by atoms with Crippen LogP contribution >= 0.6 is 11.6 Å². The lowest BCUT2D eigenvalue weighted by molar-refractivity contribution is 0.0747. The zero-order valence-electron chi connectivity index (χ0n) is 14.6. The predicted octanol–water partition coefficient (Wildman–Crippen LogP) is 3.24. The normalized spacial score (nSPS) is 14.2. The number of hydrogen-bond donors (Lipinski definition) is 1. The maximum absolute atomic E-state index is 13.0. The SMILES string of the molecule is COc1cc2c(cc1Cl)CCCN(Cc1c(C)cc(C)[nH]c1=O)C2=O. The molecule has 1 N–H and O–H groups in total. The zero-order valence-corrected chi connectivity index (χ0v) is 15.4. The Bertz CT molecular complexity index is 889. The van der Waals surface area contributed by atoms with Crippen molar-refractivity contribution >= 4 is 17.5 Å². The number of hydrogen-bond acceptors (Lipinski definition) is 3. The van der Waals surface area contributed by atoms with Gasteiger partial charge in [-0.25, -0.2) is 0 Å². The topological polar surface area (TPSA) is 62.4 Å². The molecule has 2 heterocycles. The van der Waals surface area contributed by atoms with E-state index in [2.05, 4.69) is 4.98 Å². The number of ether oxygens (including phenoxy) is 1. The quantitative estimate of drug-likeness (QED) is 0.914. The van der Waals surface area contributed by atoms with E-state index in [-0.39, 0.29) is 11.5 Å². The van der Waals surface area contributed by atoms with Crippen LogP contribution < -0.4 is 10.3 Å². The van der Waals surface area contributed by atoms with Crippen LogP contribution in [0.2, 0.25) is 5.02 Å². The highest BCUT2D eigenvalue weighted by Gasteiger charge is 2.25. The first-order valence-electron chi connectivity index (χ1n) is 8.25. The second-order valence-corrected chi connectivity index (χ2v) is 6.82. The molecular weight excluding hydrogens is 340 g/mol. The molecule has 1 aromatic carbocycles. The summed E-state index contributed by atoms with van der Waals surface area (Å²) in [6.45, 7) is 4.64. The number of methoxy groups -OCH3 is 1. The second-order valence-electron chi connectivity index (χ2n) is 6.42. The van der Waals surface area contributed by atoms with Crippen molar-refractivity contribution in [2.75, 3.05) is 13.7 Å². The molecule has 1 aliphatic rings. The highest BCUT2D eigenvalue weighted by molar-refractivity contribution is 6.32. The fourth-order valence-corrected chi connectivity index (χ4v) is 3.57. The zero-order chi connectivity index (χ0) is 18.1. The van der Waals surface area contributed by atoms with Crippen LogP contribution in [0.5, 0.6) is 5.75 Å². The molecule has 25 heavy (non-hydrogen) atoms. The summed E-state index contributed by atoms with van der Waals surface area (Å²) in [5, 5.41) is 0.508. The predicted molar refractivity (Wildman–Crippen MR) is 97.6 cm³/mol. The number of pyridine rings is 1. The van der Waals surface area contributed by atoms with E-state index < -0.39 is 0 Å². The van der Waals surface area contributed by atoms with Gasteiger partial charge in [-0.2, -0.15) is 0 Å². The standard InChI is InChI=1S/C19H21ClN2O3/c1-11-7-12(2)21-18(23)15(11)10-22-6-4-5-13-8-16(20)17(25-3)9-14(13)19(22)24/h7-9H,4-6,10H2,1-3H3,(H,21,23). The second kappa shape index (κ2) is 6.92. The fourth-order valence-electron chi connectivity index (χ4n) is 3.31. The molecule has 0 saturated heterocycles. The Morgan fingerprint density at radius 1 is 1.24 bits per heavy atom. The lowest BCUT2D eigenvalue weighted by Gasteiger charge is -2.22. The van der Waals surface area contributed by atoms with E-state index in [1.54, 1.807) is 17.0 Å². The minimum atomic E-state index is -0.136. The van der Waals surface area contributed by atoms with E-state index in [0.717, 1.165) is 29.7 Å². The summed E-state index contributed by atoms with van der Waals surface area (Å²) in [5.41, 5.74) is 3.73. The number of halogens is 1. The highest BCUT2D eigenvalue weighted by Crippen LogP contribution is 2.31. The monoisotopic (exact) mass is 360 g/mol. The van der Waals surface area contributed by atoms with Crippen molar-refractivity contribution in [1.29, 1.82) is 0 Å². The molecule has 0 saturated carbocycles. The summed E-state index contributed by atoms with van der Waals surface area (Å²) in [4.78, 5) is 29.9. The highest BCUT2D eigenvalue weighted by atomic mass is 35.5. The average Bonchev–Trinajstić information content (AvgIpc) is 2.69. The molecule has 0 aliphatic carbocycles. The van der Waals surface area contributed by atoms with Crippen molar-refractivity contribution in [2.24, 2.45) is 0 Å². The maximum atomic E-state index is 13.0. The Morgan fingerprint density at radius 2 is 2.00 bits per heavy atom. The third-order valence-electron chi connectivity index (χ3n) is 4.61. The Hall–Kier alpha value is -2.27. The molecule has 0 spiro atoms. The van der Waals surface area contributed by atoms with Crippen molar-refractivity contribution in [3.05, 3.63) is 61.5 Å². The molecule has 0 unspecified atom stereocenters. The molecular formula is C19H21ClN2O3. The first-order valence-corrected chi connectivity index (χ1v) is 8.63. The van der Waals surface area contributed by atoms with E-state index in [1.165, 1.54) is 7.11 Å². The molecule has 0 fully saturated rings. The van der Waals surface area contributed by atoms with Gasteiger partial charge in [-0.15, -0.1) is 0 Å². The molecule has 132 valence electrons. The first-order chi connectivity index (χ1) is 11.9. The number of aromatic nitrogens is 1. The lowest BCUT2D eigenvalue weighted by Crippen LogP contribution is -2.33. The third-order valence-corrected chi connectivity index (χ3v) is 4.91. The third kappa shape index (κ3) is 3.42. The average molecular weight is 361 g/mol. The number of carbonyl (C=O) groups is 1. The van der Waals surface area contributed by atoms with Gasteiger partial charge in [0.25, 0.3) is 11.5 Å². The van der Waals surface area contributed by atoms with Gasteiger partial charge in [-0.05, 0) is 56.0 Å². The fraction of sp³-hybridized carbons (Fsp3) is 0.368. The Kier molecular flexibility index (Phi) is 4.86. The van der Waals surface area contributed by atoms with Crippen LogP contribution in [0.1, 0.15) is 39.2 Å². The summed E-state index contributed by atoms with van der Waals surface area (Å²) in [5.74, 6) is 0.391. The number of carbonyl (C=O) groups excluding carboxylic acids is 1. The van der Waals surface area contributed by atoms with Crippen LogP contribution in [0.15, 0.2) is 23.0 Å². The molecule has 0 radical (unpaired) electrons. The van der Waals surface area contributed by atoms with Gasteiger partial charge >= 0.3 is 0 Å². The van der Waals surface area contributed by atoms with Crippen molar-refractivity contribution in [3.8, 4) is 5.75 Å². The van der Waals surface area contributed by atoms with Crippen LogP contribution in [-0.2, 0) is 13.0 Å². The summed E-state index contributed by atoms with van der Waals surface area (Å²) >= 11 is 6.19. The van der Waals surface area contributed by atoms with Gasteiger partial charge in [0.05, 0.1) is 18.7 Å². The molecule has 0 atom stereocenters. The number of nitrogens with one attached hydrogen (secondary N) is 1. The number of aromatic amines is 1. The number of amides is 1. The minimum Gasteiger partial charge on any atom is -0.495 e. The van der Waals surface area contributed by atoms with Crippen molar-refractivity contribution in [1.82, 2.24) is 9.88 Å². The summed E-state index contributed by atoms with van der Waals surface area (Å²) < 4.78 is 5.25. The van der Waals surface area contributed by atoms with Gasteiger partial charge in [-0.1, -0.05) is 11.6 Å². The molecule has 3 rings (SSSR count). The van der Waals surface area contributed by atoms with Gasteiger partial charge < -0.3 is 14.6 Å². The van der Waals surface area contributed by atoms with Gasteiger partial charge in [-0.3, -0.25) is 9.59 Å². The molecule has 2 aromatic rings. The van der Waals surface area contributed by atoms with E-state index in [4.69, 9.17) is 16.3 Å². The largest absolute Gasteiger partial charge is 0.495 e. The number of benzene rings is 1. The minimum absolute atomic E-state index is 0.0955. The summed E-state index contributed by atoms with van der Waals surface area (Å²) in [6.07, 6.45) is 1.59. The number of fused-ring (bicyclic) bond motifs is 1. The van der Waals surface area contributed by atoms with E-state index in [0.29, 0.717) is 35.0 Å². The van der Waals surface area contributed by atoms with Crippen LogP contribution in [0, 0.1) is 13.8 Å². The van der Waals surface area contributed by atoms with Crippen LogP contribution in [0.4, 0.5) is 0 Å². The van der Waals surface area contributed by atoms with Gasteiger partial charge in [0.15, 0.2) is 0 Å². The van der Waals surface area contributed by atoms with Crippen molar-refractivity contribution < 1.29 is 9.53 Å². The molecule has 0 bridgehead atoms. The van der Waals surface area contributed by atoms with Crippen LogP contribution in [0.3, 0.4) is 0 Å². The Labute approximate surface area is 151 Å². The molecule has 6 heteroatoms.